The van der Waals surface area contributed by atoms with Crippen LogP contribution in [0.25, 0.3) is 0 Å². The van der Waals surface area contributed by atoms with Crippen LogP contribution in [0, 0.1) is 0 Å². The predicted octanol–water partition coefficient (Wildman–Crippen LogP) is 3.26. The molecule has 1 aliphatic rings. The lowest BCUT2D eigenvalue weighted by Gasteiger charge is -2.34. The number of ether oxygens (including phenoxy) is 1. The second kappa shape index (κ2) is 6.84. The van der Waals surface area contributed by atoms with Gasteiger partial charge >= 0.3 is 6.09 Å². The van der Waals surface area contributed by atoms with Gasteiger partial charge in [-0.2, -0.15) is 0 Å². The van der Waals surface area contributed by atoms with Crippen LogP contribution in [-0.4, -0.2) is 33.9 Å². The van der Waals surface area contributed by atoms with E-state index in [-0.39, 0.29) is 12.0 Å². The molecule has 0 unspecified atom stereocenters. The average molecular weight is 327 g/mol. The van der Waals surface area contributed by atoms with E-state index in [0.29, 0.717) is 18.0 Å². The fourth-order valence-corrected chi connectivity index (χ4v) is 2.84. The van der Waals surface area contributed by atoms with Crippen LogP contribution in [0.1, 0.15) is 51.5 Å². The van der Waals surface area contributed by atoms with E-state index in [1.54, 1.807) is 12.3 Å². The molecule has 2 rings (SSSR count). The number of aliphatic hydroxyl groups excluding tert-OH is 1. The maximum atomic E-state index is 11.9. The molecule has 6 heteroatoms. The number of rotatable bonds is 2. The van der Waals surface area contributed by atoms with Crippen molar-refractivity contribution in [1.82, 2.24) is 10.3 Å². The summed E-state index contributed by atoms with van der Waals surface area (Å²) >= 11 is 5.80. The Balaban J connectivity index is 1.99. The van der Waals surface area contributed by atoms with Crippen molar-refractivity contribution in [3.8, 4) is 0 Å². The van der Waals surface area contributed by atoms with Crippen LogP contribution < -0.4 is 5.32 Å². The standard InChI is InChI=1S/C16H23ClN2O3/c1-16(2,3)22-15(21)19-11-5-6-13(20)12(8-11)10-4-7-14(17)18-9-10/h4,7,9,11-13,20H,5-6,8H2,1-3H3,(H,19,21)/t11-,12+,13-/m0/s1. The maximum absolute atomic E-state index is 11.9. The van der Waals surface area contributed by atoms with E-state index < -0.39 is 17.8 Å². The van der Waals surface area contributed by atoms with Crippen LogP contribution in [0.4, 0.5) is 4.79 Å². The Labute approximate surface area is 136 Å². The van der Waals surface area contributed by atoms with Crippen LogP contribution >= 0.6 is 11.6 Å². The summed E-state index contributed by atoms with van der Waals surface area (Å²) in [6, 6.07) is 3.58. The number of pyridine rings is 1. The van der Waals surface area contributed by atoms with Gasteiger partial charge in [0.15, 0.2) is 0 Å². The van der Waals surface area contributed by atoms with Crippen molar-refractivity contribution >= 4 is 17.7 Å². The average Bonchev–Trinajstić information content (AvgIpc) is 2.40. The summed E-state index contributed by atoms with van der Waals surface area (Å²) in [5.41, 5.74) is 0.421. The van der Waals surface area contributed by atoms with E-state index in [1.165, 1.54) is 0 Å². The Morgan fingerprint density at radius 3 is 2.73 bits per heavy atom. The highest BCUT2D eigenvalue weighted by Gasteiger charge is 2.32. The Kier molecular flexibility index (Phi) is 5.29. The fraction of sp³-hybridized carbons (Fsp3) is 0.625. The molecule has 22 heavy (non-hydrogen) atoms. The number of hydrogen-bond donors (Lipinski definition) is 2. The second-order valence-electron chi connectivity index (χ2n) is 6.74. The lowest BCUT2D eigenvalue weighted by atomic mass is 9.80. The van der Waals surface area contributed by atoms with Gasteiger partial charge in [-0.3, -0.25) is 0 Å². The zero-order chi connectivity index (χ0) is 16.3. The number of carbonyl (C=O) groups is 1. The predicted molar refractivity (Wildman–Crippen MR) is 85.0 cm³/mol. The molecule has 2 N–H and O–H groups in total. The van der Waals surface area contributed by atoms with Gasteiger partial charge in [-0.05, 0) is 51.7 Å². The lowest BCUT2D eigenvalue weighted by molar-refractivity contribution is 0.0437. The van der Waals surface area contributed by atoms with Gasteiger partial charge in [0, 0.05) is 18.2 Å². The molecule has 1 aromatic rings. The molecule has 1 aliphatic carbocycles. The van der Waals surface area contributed by atoms with Crippen molar-refractivity contribution < 1.29 is 14.6 Å². The van der Waals surface area contributed by atoms with Gasteiger partial charge < -0.3 is 15.2 Å². The molecule has 0 bridgehead atoms. The molecule has 1 saturated carbocycles. The summed E-state index contributed by atoms with van der Waals surface area (Å²) in [5.74, 6) is -0.0570. The van der Waals surface area contributed by atoms with Crippen molar-refractivity contribution in [3.05, 3.63) is 29.0 Å². The van der Waals surface area contributed by atoms with Crippen molar-refractivity contribution in [2.45, 2.75) is 63.7 Å². The van der Waals surface area contributed by atoms with E-state index >= 15 is 0 Å². The molecule has 0 aliphatic heterocycles. The molecule has 0 saturated heterocycles. The SMILES string of the molecule is CC(C)(C)OC(=O)N[C@H]1CC[C@H](O)[C@@H](c2ccc(Cl)nc2)C1. The van der Waals surface area contributed by atoms with Crippen molar-refractivity contribution in [3.63, 3.8) is 0 Å². The number of halogens is 1. The Morgan fingerprint density at radius 2 is 2.14 bits per heavy atom. The maximum Gasteiger partial charge on any atom is 0.407 e. The second-order valence-corrected chi connectivity index (χ2v) is 7.13. The van der Waals surface area contributed by atoms with Gasteiger partial charge in [0.05, 0.1) is 6.10 Å². The first-order chi connectivity index (χ1) is 10.2. The molecule has 1 heterocycles. The van der Waals surface area contributed by atoms with E-state index in [2.05, 4.69) is 10.3 Å². The van der Waals surface area contributed by atoms with Crippen LogP contribution in [-0.2, 0) is 4.74 Å². The number of amides is 1. The number of nitrogens with zero attached hydrogens (tertiary/aromatic N) is 1. The molecular weight excluding hydrogens is 304 g/mol. The molecule has 1 fully saturated rings. The Hall–Kier alpha value is -1.33. The third-order valence-corrected chi connectivity index (χ3v) is 3.94. The minimum atomic E-state index is -0.516. The number of carbonyl (C=O) groups excluding carboxylic acids is 1. The van der Waals surface area contributed by atoms with Gasteiger partial charge in [0.25, 0.3) is 0 Å². The zero-order valence-corrected chi connectivity index (χ0v) is 13.9. The summed E-state index contributed by atoms with van der Waals surface area (Å²) in [6.45, 7) is 5.50. The largest absolute Gasteiger partial charge is 0.444 e. The third kappa shape index (κ3) is 4.85. The summed E-state index contributed by atoms with van der Waals surface area (Å²) in [6.07, 6.45) is 2.86. The number of alkyl carbamates (subject to hydrolysis) is 1. The summed E-state index contributed by atoms with van der Waals surface area (Å²) < 4.78 is 5.28. The van der Waals surface area contributed by atoms with Crippen molar-refractivity contribution in [2.75, 3.05) is 0 Å². The van der Waals surface area contributed by atoms with Crippen LogP contribution in [0.3, 0.4) is 0 Å². The van der Waals surface area contributed by atoms with E-state index in [1.807, 2.05) is 26.8 Å². The minimum absolute atomic E-state index is 0.0149. The first-order valence-electron chi connectivity index (χ1n) is 7.53. The van der Waals surface area contributed by atoms with Crippen molar-refractivity contribution in [2.24, 2.45) is 0 Å². The highest BCUT2D eigenvalue weighted by molar-refractivity contribution is 6.29. The van der Waals surface area contributed by atoms with E-state index in [0.717, 1.165) is 12.0 Å². The Morgan fingerprint density at radius 1 is 1.41 bits per heavy atom. The number of aromatic nitrogens is 1. The molecule has 1 amide bonds. The molecule has 122 valence electrons. The number of nitrogens with one attached hydrogen (secondary N) is 1. The first-order valence-corrected chi connectivity index (χ1v) is 7.91. The normalized spacial score (nSPS) is 25.6. The van der Waals surface area contributed by atoms with Crippen LogP contribution in [0.15, 0.2) is 18.3 Å². The highest BCUT2D eigenvalue weighted by Crippen LogP contribution is 2.33. The van der Waals surface area contributed by atoms with Gasteiger partial charge in [0.1, 0.15) is 10.8 Å². The molecule has 1 aromatic heterocycles. The van der Waals surface area contributed by atoms with Crippen molar-refractivity contribution in [1.29, 1.82) is 0 Å². The number of aliphatic hydroxyl groups is 1. The summed E-state index contributed by atoms with van der Waals surface area (Å²) in [5, 5.41) is 13.5. The first kappa shape index (κ1) is 17.0. The smallest absolute Gasteiger partial charge is 0.407 e. The Bertz CT molecular complexity index is 513. The van der Waals surface area contributed by atoms with Gasteiger partial charge in [-0.15, -0.1) is 0 Å². The van der Waals surface area contributed by atoms with Gasteiger partial charge in [0.2, 0.25) is 0 Å². The highest BCUT2D eigenvalue weighted by atomic mass is 35.5. The fourth-order valence-electron chi connectivity index (χ4n) is 2.72. The quantitative estimate of drug-likeness (QED) is 0.818. The summed E-state index contributed by atoms with van der Waals surface area (Å²) in [4.78, 5) is 15.9. The minimum Gasteiger partial charge on any atom is -0.444 e. The lowest BCUT2D eigenvalue weighted by Crippen LogP contribution is -2.43. The molecule has 0 aromatic carbocycles. The van der Waals surface area contributed by atoms with E-state index in [4.69, 9.17) is 16.3 Å². The zero-order valence-electron chi connectivity index (χ0n) is 13.2. The molecule has 3 atom stereocenters. The monoisotopic (exact) mass is 326 g/mol. The molecule has 5 nitrogen and oxygen atoms in total. The van der Waals surface area contributed by atoms with Crippen LogP contribution in [0.5, 0.6) is 0 Å². The summed E-state index contributed by atoms with van der Waals surface area (Å²) in [7, 11) is 0. The number of hydrogen-bond acceptors (Lipinski definition) is 4. The molecular formula is C16H23ClN2O3. The van der Waals surface area contributed by atoms with E-state index in [9.17, 15) is 9.90 Å². The van der Waals surface area contributed by atoms with Gasteiger partial charge in [-0.25, -0.2) is 9.78 Å². The molecule has 0 radical (unpaired) electrons. The van der Waals surface area contributed by atoms with Crippen LogP contribution in [0.2, 0.25) is 5.15 Å². The topological polar surface area (TPSA) is 71.5 Å². The van der Waals surface area contributed by atoms with Gasteiger partial charge in [-0.1, -0.05) is 17.7 Å². The third-order valence-electron chi connectivity index (χ3n) is 3.71. The molecule has 0 spiro atoms.